The SMILES string of the molecule is CCC(=O)c1c(-c2ccccc2)c2cc(Cl)ccc2c(=O)n1Cc1cc(S(C)(=O)=O)n(CC(O)CO)n1. The van der Waals surface area contributed by atoms with Crippen molar-refractivity contribution in [1.29, 1.82) is 0 Å². The van der Waals surface area contributed by atoms with Gasteiger partial charge in [-0.15, -0.1) is 0 Å². The number of fused-ring (bicyclic) bond motifs is 1. The minimum Gasteiger partial charge on any atom is -0.394 e. The number of hydrogen-bond acceptors (Lipinski definition) is 7. The zero-order chi connectivity index (χ0) is 26.9. The summed E-state index contributed by atoms with van der Waals surface area (Å²) in [4.78, 5) is 27.1. The van der Waals surface area contributed by atoms with Gasteiger partial charge in [0.05, 0.1) is 37.2 Å². The molecule has 0 aliphatic rings. The summed E-state index contributed by atoms with van der Waals surface area (Å²) in [5.41, 5.74) is 1.18. The summed E-state index contributed by atoms with van der Waals surface area (Å²) < 4.78 is 27.2. The molecule has 1 unspecified atom stereocenters. The van der Waals surface area contributed by atoms with Crippen molar-refractivity contribution in [2.45, 2.75) is 37.6 Å². The third-order valence-electron chi connectivity index (χ3n) is 5.97. The number of halogens is 1. The predicted molar refractivity (Wildman–Crippen MR) is 141 cm³/mol. The summed E-state index contributed by atoms with van der Waals surface area (Å²) in [6.07, 6.45) is -0.110. The molecule has 2 heterocycles. The van der Waals surface area contributed by atoms with Crippen LogP contribution in [0.4, 0.5) is 0 Å². The Morgan fingerprint density at radius 3 is 2.43 bits per heavy atom. The molecule has 0 aliphatic heterocycles. The third-order valence-corrected chi connectivity index (χ3v) is 7.29. The number of Topliss-reactive ketones (excluding diaryl/α,β-unsaturated/α-hetero) is 1. The summed E-state index contributed by atoms with van der Waals surface area (Å²) in [6, 6.07) is 15.3. The van der Waals surface area contributed by atoms with Crippen LogP contribution in [0.15, 0.2) is 64.4 Å². The lowest BCUT2D eigenvalue weighted by atomic mass is 9.94. The van der Waals surface area contributed by atoms with Gasteiger partial charge in [-0.05, 0) is 29.1 Å². The van der Waals surface area contributed by atoms with Crippen molar-refractivity contribution < 1.29 is 23.4 Å². The molecule has 0 spiro atoms. The number of pyridine rings is 1. The van der Waals surface area contributed by atoms with E-state index in [1.54, 1.807) is 25.1 Å². The molecule has 2 N–H and O–H groups in total. The number of ketones is 1. The highest BCUT2D eigenvalue weighted by molar-refractivity contribution is 7.90. The molecule has 2 aromatic heterocycles. The molecule has 194 valence electrons. The fraction of sp³-hybridized carbons (Fsp3) is 0.269. The van der Waals surface area contributed by atoms with Crippen LogP contribution in [0.25, 0.3) is 21.9 Å². The van der Waals surface area contributed by atoms with E-state index in [0.29, 0.717) is 26.9 Å². The molecule has 0 aliphatic carbocycles. The molecule has 0 amide bonds. The highest BCUT2D eigenvalue weighted by atomic mass is 35.5. The molecule has 0 fully saturated rings. The first-order valence-corrected chi connectivity index (χ1v) is 13.8. The molecule has 2 aromatic carbocycles. The van der Waals surface area contributed by atoms with Crippen LogP contribution in [-0.2, 0) is 22.9 Å². The molecule has 1 atom stereocenters. The van der Waals surface area contributed by atoms with Crippen molar-refractivity contribution in [2.75, 3.05) is 12.9 Å². The van der Waals surface area contributed by atoms with Gasteiger partial charge in [0.2, 0.25) is 0 Å². The van der Waals surface area contributed by atoms with Crippen LogP contribution in [0.5, 0.6) is 0 Å². The van der Waals surface area contributed by atoms with Gasteiger partial charge in [0.15, 0.2) is 20.6 Å². The number of aliphatic hydroxyl groups excluding tert-OH is 2. The van der Waals surface area contributed by atoms with Crippen LogP contribution in [0.1, 0.15) is 29.5 Å². The Labute approximate surface area is 218 Å². The van der Waals surface area contributed by atoms with Crippen molar-refractivity contribution in [3.05, 3.63) is 81.4 Å². The van der Waals surface area contributed by atoms with E-state index in [1.807, 2.05) is 30.3 Å². The lowest BCUT2D eigenvalue weighted by Crippen LogP contribution is -2.28. The smallest absolute Gasteiger partial charge is 0.259 e. The highest BCUT2D eigenvalue weighted by Crippen LogP contribution is 2.33. The maximum atomic E-state index is 13.7. The van der Waals surface area contributed by atoms with E-state index in [1.165, 1.54) is 10.6 Å². The molecule has 4 aromatic rings. The van der Waals surface area contributed by atoms with Crippen LogP contribution in [0, 0.1) is 0 Å². The number of sulfone groups is 1. The Kier molecular flexibility index (Phi) is 7.65. The fourth-order valence-electron chi connectivity index (χ4n) is 4.30. The monoisotopic (exact) mass is 543 g/mol. The maximum Gasteiger partial charge on any atom is 0.259 e. The Balaban J connectivity index is 2.02. The number of carbonyl (C=O) groups is 1. The molecular formula is C26H26ClN3O6S. The van der Waals surface area contributed by atoms with Crippen molar-refractivity contribution in [3.63, 3.8) is 0 Å². The number of aliphatic hydroxyl groups is 2. The lowest BCUT2D eigenvalue weighted by molar-refractivity contribution is 0.0759. The molecule has 4 rings (SSSR count). The number of hydrogen-bond donors (Lipinski definition) is 2. The number of carbonyl (C=O) groups excluding carboxylic acids is 1. The first-order chi connectivity index (χ1) is 17.5. The molecule has 0 saturated carbocycles. The quantitative estimate of drug-likeness (QED) is 0.310. The molecule has 0 radical (unpaired) electrons. The van der Waals surface area contributed by atoms with E-state index in [4.69, 9.17) is 11.6 Å². The standard InChI is InChI=1S/C26H26ClN3O6S/c1-3-22(33)25-24(16-7-5-4-6-8-16)21-11-17(27)9-10-20(21)26(34)29(25)13-18-12-23(37(2,35)36)30(28-18)14-19(32)15-31/h4-12,19,31-32H,3,13-15H2,1-2H3. The van der Waals surface area contributed by atoms with Crippen LogP contribution >= 0.6 is 11.6 Å². The van der Waals surface area contributed by atoms with E-state index in [2.05, 4.69) is 5.10 Å². The minimum absolute atomic E-state index is 0.122. The summed E-state index contributed by atoms with van der Waals surface area (Å²) in [5.74, 6) is -0.281. The Hall–Kier alpha value is -3.31. The van der Waals surface area contributed by atoms with Gasteiger partial charge in [-0.2, -0.15) is 5.10 Å². The van der Waals surface area contributed by atoms with Crippen LogP contribution in [0.2, 0.25) is 5.02 Å². The largest absolute Gasteiger partial charge is 0.394 e. The van der Waals surface area contributed by atoms with E-state index in [0.717, 1.165) is 10.9 Å². The third kappa shape index (κ3) is 5.37. The first kappa shape index (κ1) is 26.7. The first-order valence-electron chi connectivity index (χ1n) is 11.6. The van der Waals surface area contributed by atoms with Crippen molar-refractivity contribution in [3.8, 4) is 11.1 Å². The number of nitrogens with zero attached hydrogens (tertiary/aromatic N) is 3. The van der Waals surface area contributed by atoms with Gasteiger partial charge in [-0.3, -0.25) is 18.8 Å². The maximum absolute atomic E-state index is 13.7. The molecule has 0 saturated heterocycles. The van der Waals surface area contributed by atoms with Crippen molar-refractivity contribution in [1.82, 2.24) is 14.3 Å². The van der Waals surface area contributed by atoms with Crippen molar-refractivity contribution >= 4 is 38.0 Å². The Morgan fingerprint density at radius 1 is 1.11 bits per heavy atom. The van der Waals surface area contributed by atoms with E-state index < -0.39 is 28.1 Å². The zero-order valence-electron chi connectivity index (χ0n) is 20.3. The summed E-state index contributed by atoms with van der Waals surface area (Å²) >= 11 is 6.28. The zero-order valence-corrected chi connectivity index (χ0v) is 21.8. The average Bonchev–Trinajstić information content (AvgIpc) is 3.28. The van der Waals surface area contributed by atoms with Gasteiger partial charge >= 0.3 is 0 Å². The van der Waals surface area contributed by atoms with Gasteiger partial charge in [0.1, 0.15) is 0 Å². The van der Waals surface area contributed by atoms with Gasteiger partial charge < -0.3 is 10.2 Å². The molecular weight excluding hydrogens is 518 g/mol. The lowest BCUT2D eigenvalue weighted by Gasteiger charge is -2.19. The van der Waals surface area contributed by atoms with Crippen molar-refractivity contribution in [2.24, 2.45) is 0 Å². The second-order valence-electron chi connectivity index (χ2n) is 8.71. The number of rotatable bonds is 9. The van der Waals surface area contributed by atoms with Crippen LogP contribution in [0.3, 0.4) is 0 Å². The molecule has 37 heavy (non-hydrogen) atoms. The topological polar surface area (TPSA) is 131 Å². The van der Waals surface area contributed by atoms with E-state index in [9.17, 15) is 28.2 Å². The molecule has 11 heteroatoms. The van der Waals surface area contributed by atoms with Gasteiger partial charge in [-0.1, -0.05) is 48.9 Å². The van der Waals surface area contributed by atoms with Crippen LogP contribution < -0.4 is 5.56 Å². The summed E-state index contributed by atoms with van der Waals surface area (Å²) in [7, 11) is -3.75. The molecule has 0 bridgehead atoms. The van der Waals surface area contributed by atoms with E-state index >= 15 is 0 Å². The second-order valence-corrected chi connectivity index (χ2v) is 11.1. The van der Waals surface area contributed by atoms with Gasteiger partial charge in [-0.25, -0.2) is 8.42 Å². The Morgan fingerprint density at radius 2 is 1.81 bits per heavy atom. The summed E-state index contributed by atoms with van der Waals surface area (Å²) in [5, 5.41) is 24.5. The highest BCUT2D eigenvalue weighted by Gasteiger charge is 2.25. The summed E-state index contributed by atoms with van der Waals surface area (Å²) in [6.45, 7) is 0.657. The normalized spacial score (nSPS) is 12.7. The Bertz CT molecular complexity index is 1640. The number of aromatic nitrogens is 3. The van der Waals surface area contributed by atoms with E-state index in [-0.39, 0.29) is 41.7 Å². The van der Waals surface area contributed by atoms with Crippen LogP contribution in [-0.4, -0.2) is 57.7 Å². The second kappa shape index (κ2) is 10.6. The fourth-order valence-corrected chi connectivity index (χ4v) is 5.32. The predicted octanol–water partition coefficient (Wildman–Crippen LogP) is 2.92. The number of benzene rings is 2. The molecule has 9 nitrogen and oxygen atoms in total. The van der Waals surface area contributed by atoms with Gasteiger partial charge in [0.25, 0.3) is 5.56 Å². The average molecular weight is 544 g/mol. The van der Waals surface area contributed by atoms with Gasteiger partial charge in [0, 0.05) is 34.7 Å². The minimum atomic E-state index is -3.75.